The van der Waals surface area contributed by atoms with Crippen molar-refractivity contribution in [1.82, 2.24) is 4.90 Å². The zero-order valence-corrected chi connectivity index (χ0v) is 9.63. The molecule has 1 aliphatic rings. The Balaban J connectivity index is 2.35. The van der Waals surface area contributed by atoms with E-state index in [2.05, 4.69) is 39.6 Å². The highest BCUT2D eigenvalue weighted by Gasteiger charge is 2.35. The van der Waals surface area contributed by atoms with Gasteiger partial charge in [-0.05, 0) is 32.7 Å². The smallest absolute Gasteiger partial charge is 0.0625 e. The first-order valence-electron chi connectivity index (χ1n) is 5.22. The van der Waals surface area contributed by atoms with E-state index in [0.29, 0.717) is 17.6 Å². The first kappa shape index (κ1) is 11.0. The van der Waals surface area contributed by atoms with Crippen molar-refractivity contribution in [3.63, 3.8) is 0 Å². The normalized spacial score (nSPS) is 28.6. The Labute approximate surface area is 82.3 Å². The fraction of sp³-hybridized carbons (Fsp3) is 1.00. The van der Waals surface area contributed by atoms with Gasteiger partial charge in [0.25, 0.3) is 0 Å². The van der Waals surface area contributed by atoms with Gasteiger partial charge in [0.05, 0.1) is 12.7 Å². The van der Waals surface area contributed by atoms with Crippen LogP contribution in [0.5, 0.6) is 0 Å². The Hall–Kier alpha value is -0.0800. The van der Waals surface area contributed by atoms with Gasteiger partial charge in [-0.1, -0.05) is 13.8 Å². The molecule has 1 atom stereocenters. The Kier molecular flexibility index (Phi) is 3.36. The SMILES string of the molecule is CC(C)OCC1CC(C)(C)CN1C. The van der Waals surface area contributed by atoms with Crippen molar-refractivity contribution >= 4 is 0 Å². The van der Waals surface area contributed by atoms with Gasteiger partial charge >= 0.3 is 0 Å². The van der Waals surface area contributed by atoms with E-state index in [1.807, 2.05) is 0 Å². The largest absolute Gasteiger partial charge is 0.377 e. The van der Waals surface area contributed by atoms with E-state index in [4.69, 9.17) is 4.74 Å². The predicted molar refractivity (Wildman–Crippen MR) is 55.9 cm³/mol. The quantitative estimate of drug-likeness (QED) is 0.668. The molecular weight excluding hydrogens is 162 g/mol. The van der Waals surface area contributed by atoms with Crippen LogP contribution < -0.4 is 0 Å². The van der Waals surface area contributed by atoms with Crippen LogP contribution in [0.1, 0.15) is 34.1 Å². The molecule has 1 heterocycles. The third-order valence-corrected chi connectivity index (χ3v) is 2.71. The summed E-state index contributed by atoms with van der Waals surface area (Å²) in [4.78, 5) is 2.42. The van der Waals surface area contributed by atoms with Crippen LogP contribution in [0.2, 0.25) is 0 Å². The van der Waals surface area contributed by atoms with Crippen molar-refractivity contribution in [3.8, 4) is 0 Å². The third kappa shape index (κ3) is 3.28. The Morgan fingerprint density at radius 3 is 2.46 bits per heavy atom. The van der Waals surface area contributed by atoms with Crippen LogP contribution in [-0.2, 0) is 4.74 Å². The second-order valence-electron chi connectivity index (χ2n) is 5.32. The molecule has 2 nitrogen and oxygen atoms in total. The van der Waals surface area contributed by atoms with Crippen LogP contribution in [-0.4, -0.2) is 37.2 Å². The fourth-order valence-electron chi connectivity index (χ4n) is 2.15. The van der Waals surface area contributed by atoms with Crippen LogP contribution in [0, 0.1) is 5.41 Å². The molecule has 0 aromatic carbocycles. The highest BCUT2D eigenvalue weighted by Crippen LogP contribution is 2.32. The van der Waals surface area contributed by atoms with Crippen LogP contribution in [0.3, 0.4) is 0 Å². The molecule has 0 N–H and O–H groups in total. The number of likely N-dealkylation sites (tertiary alicyclic amines) is 1. The van der Waals surface area contributed by atoms with E-state index in [-0.39, 0.29) is 0 Å². The van der Waals surface area contributed by atoms with Gasteiger partial charge in [0.15, 0.2) is 0 Å². The molecule has 0 radical (unpaired) electrons. The summed E-state index contributed by atoms with van der Waals surface area (Å²) in [7, 11) is 2.20. The number of likely N-dealkylation sites (N-methyl/N-ethyl adjacent to an activating group) is 1. The number of ether oxygens (including phenoxy) is 1. The minimum absolute atomic E-state index is 0.358. The molecule has 0 amide bonds. The molecule has 78 valence electrons. The molecule has 0 aliphatic carbocycles. The Morgan fingerprint density at radius 2 is 2.08 bits per heavy atom. The van der Waals surface area contributed by atoms with Gasteiger partial charge in [0.1, 0.15) is 0 Å². The summed E-state index contributed by atoms with van der Waals surface area (Å²) < 4.78 is 5.65. The molecule has 1 fully saturated rings. The zero-order valence-electron chi connectivity index (χ0n) is 9.63. The Bertz CT molecular complexity index is 165. The van der Waals surface area contributed by atoms with Crippen molar-refractivity contribution in [2.45, 2.75) is 46.3 Å². The molecule has 1 aliphatic heterocycles. The summed E-state index contributed by atoms with van der Waals surface area (Å²) in [5.74, 6) is 0. The van der Waals surface area contributed by atoms with E-state index < -0.39 is 0 Å². The molecule has 1 unspecified atom stereocenters. The van der Waals surface area contributed by atoms with Gasteiger partial charge in [-0.25, -0.2) is 0 Å². The maximum Gasteiger partial charge on any atom is 0.0625 e. The lowest BCUT2D eigenvalue weighted by atomic mass is 9.91. The number of rotatable bonds is 3. The lowest BCUT2D eigenvalue weighted by Crippen LogP contribution is -2.30. The summed E-state index contributed by atoms with van der Waals surface area (Å²) in [6, 6.07) is 0.623. The monoisotopic (exact) mass is 185 g/mol. The molecule has 0 aromatic heterocycles. The van der Waals surface area contributed by atoms with Gasteiger partial charge < -0.3 is 9.64 Å². The second-order valence-corrected chi connectivity index (χ2v) is 5.32. The lowest BCUT2D eigenvalue weighted by molar-refractivity contribution is 0.0430. The summed E-state index contributed by atoms with van der Waals surface area (Å²) >= 11 is 0. The minimum Gasteiger partial charge on any atom is -0.377 e. The molecule has 2 heteroatoms. The van der Waals surface area contributed by atoms with Gasteiger partial charge in [0, 0.05) is 12.6 Å². The molecule has 13 heavy (non-hydrogen) atoms. The molecule has 0 spiro atoms. The van der Waals surface area contributed by atoms with Crippen molar-refractivity contribution in [1.29, 1.82) is 0 Å². The summed E-state index contributed by atoms with van der Waals surface area (Å²) in [6.45, 7) is 10.9. The minimum atomic E-state index is 0.358. The van der Waals surface area contributed by atoms with Crippen LogP contribution in [0.25, 0.3) is 0 Å². The van der Waals surface area contributed by atoms with Crippen molar-refractivity contribution < 1.29 is 4.74 Å². The van der Waals surface area contributed by atoms with Crippen molar-refractivity contribution in [2.24, 2.45) is 5.41 Å². The molecular formula is C11H23NO. The second kappa shape index (κ2) is 3.97. The van der Waals surface area contributed by atoms with E-state index in [1.54, 1.807) is 0 Å². The fourth-order valence-corrected chi connectivity index (χ4v) is 2.15. The highest BCUT2D eigenvalue weighted by atomic mass is 16.5. The van der Waals surface area contributed by atoms with Gasteiger partial charge in [0.2, 0.25) is 0 Å². The lowest BCUT2D eigenvalue weighted by Gasteiger charge is -2.20. The number of hydrogen-bond acceptors (Lipinski definition) is 2. The standard InChI is InChI=1S/C11H23NO/c1-9(2)13-7-10-6-11(3,4)8-12(10)5/h9-10H,6-8H2,1-5H3. The maximum absolute atomic E-state index is 5.65. The van der Waals surface area contributed by atoms with Crippen molar-refractivity contribution in [2.75, 3.05) is 20.2 Å². The molecule has 1 rings (SSSR count). The number of hydrogen-bond donors (Lipinski definition) is 0. The van der Waals surface area contributed by atoms with Gasteiger partial charge in [-0.15, -0.1) is 0 Å². The van der Waals surface area contributed by atoms with Crippen LogP contribution in [0.4, 0.5) is 0 Å². The van der Waals surface area contributed by atoms with Gasteiger partial charge in [-0.2, -0.15) is 0 Å². The summed E-state index contributed by atoms with van der Waals surface area (Å²) in [6.07, 6.45) is 1.62. The first-order chi connectivity index (χ1) is 5.91. The average Bonchev–Trinajstić information content (AvgIpc) is 2.20. The number of nitrogens with zero attached hydrogens (tertiary/aromatic N) is 1. The predicted octanol–water partition coefficient (Wildman–Crippen LogP) is 2.14. The highest BCUT2D eigenvalue weighted by molar-refractivity contribution is 4.88. The average molecular weight is 185 g/mol. The summed E-state index contributed by atoms with van der Waals surface area (Å²) in [5, 5.41) is 0. The molecule has 1 saturated heterocycles. The topological polar surface area (TPSA) is 12.5 Å². The zero-order chi connectivity index (χ0) is 10.1. The third-order valence-electron chi connectivity index (χ3n) is 2.71. The van der Waals surface area contributed by atoms with Gasteiger partial charge in [-0.3, -0.25) is 0 Å². The van der Waals surface area contributed by atoms with Crippen molar-refractivity contribution in [3.05, 3.63) is 0 Å². The molecule has 0 saturated carbocycles. The van der Waals surface area contributed by atoms with E-state index in [1.165, 1.54) is 13.0 Å². The van der Waals surface area contributed by atoms with E-state index in [0.717, 1.165) is 6.61 Å². The Morgan fingerprint density at radius 1 is 1.46 bits per heavy atom. The molecule has 0 bridgehead atoms. The van der Waals surface area contributed by atoms with Crippen LogP contribution in [0.15, 0.2) is 0 Å². The van der Waals surface area contributed by atoms with E-state index >= 15 is 0 Å². The molecule has 0 aromatic rings. The summed E-state index contributed by atoms with van der Waals surface area (Å²) in [5.41, 5.74) is 0.472. The van der Waals surface area contributed by atoms with Crippen LogP contribution >= 0.6 is 0 Å². The first-order valence-corrected chi connectivity index (χ1v) is 5.22. The maximum atomic E-state index is 5.65. The van der Waals surface area contributed by atoms with E-state index in [9.17, 15) is 0 Å².